The maximum atomic E-state index is 12.4. The number of nitrogens with zero attached hydrogens (tertiary/aromatic N) is 4. The number of benzene rings is 2. The Bertz CT molecular complexity index is 1140. The van der Waals surface area contributed by atoms with Gasteiger partial charge in [0.15, 0.2) is 5.13 Å². The number of non-ortho nitro benzene ring substituents is 1. The second kappa shape index (κ2) is 9.58. The Labute approximate surface area is 198 Å². The first-order valence-electron chi connectivity index (χ1n) is 10.1. The molecule has 0 radical (unpaired) electrons. The number of fused-ring (bicyclic) bond motifs is 1. The summed E-state index contributed by atoms with van der Waals surface area (Å²) in [6, 6.07) is 7.74. The van der Waals surface area contributed by atoms with Crippen LogP contribution in [0.1, 0.15) is 15.9 Å². The fourth-order valence-corrected chi connectivity index (χ4v) is 5.18. The minimum atomic E-state index is -0.548. The first-order chi connectivity index (χ1) is 15.3. The van der Waals surface area contributed by atoms with Crippen molar-refractivity contribution in [2.24, 2.45) is 0 Å². The van der Waals surface area contributed by atoms with Crippen molar-refractivity contribution in [3.8, 4) is 0 Å². The molecule has 1 amide bonds. The second-order valence-corrected chi connectivity index (χ2v) is 9.34. The maximum Gasteiger partial charge on any atom is 0.270 e. The fraction of sp³-hybridized carbons (Fsp3) is 0.333. The van der Waals surface area contributed by atoms with Crippen molar-refractivity contribution in [1.82, 2.24) is 15.2 Å². The summed E-state index contributed by atoms with van der Waals surface area (Å²) in [6.45, 7) is 6.49. The van der Waals surface area contributed by atoms with Crippen LogP contribution in [0, 0.1) is 17.0 Å². The molecular formula is C21H21Cl2N5O3S. The van der Waals surface area contributed by atoms with Crippen LogP contribution in [0.5, 0.6) is 0 Å². The Kier molecular flexibility index (Phi) is 6.80. The van der Waals surface area contributed by atoms with Crippen molar-refractivity contribution in [2.45, 2.75) is 6.92 Å². The van der Waals surface area contributed by atoms with E-state index in [0.29, 0.717) is 13.1 Å². The van der Waals surface area contributed by atoms with Gasteiger partial charge < -0.3 is 10.2 Å². The van der Waals surface area contributed by atoms with Crippen molar-refractivity contribution in [2.75, 3.05) is 44.2 Å². The van der Waals surface area contributed by atoms with Crippen LogP contribution in [0.3, 0.4) is 0 Å². The second-order valence-electron chi connectivity index (χ2n) is 7.54. The number of amides is 1. The van der Waals surface area contributed by atoms with E-state index in [2.05, 4.69) is 15.1 Å². The number of anilines is 1. The lowest BCUT2D eigenvalue weighted by atomic mass is 10.2. The van der Waals surface area contributed by atoms with Crippen LogP contribution in [-0.2, 0) is 0 Å². The van der Waals surface area contributed by atoms with Crippen LogP contribution in [-0.4, -0.2) is 60.0 Å². The molecule has 2 aromatic carbocycles. The molecule has 1 fully saturated rings. The number of carbonyl (C=O) groups is 1. The van der Waals surface area contributed by atoms with Crippen molar-refractivity contribution in [3.05, 3.63) is 61.6 Å². The summed E-state index contributed by atoms with van der Waals surface area (Å²) in [6.07, 6.45) is 0. The molecule has 3 aromatic rings. The van der Waals surface area contributed by atoms with Gasteiger partial charge in [0, 0.05) is 51.4 Å². The molecule has 1 aliphatic heterocycles. The Morgan fingerprint density at radius 3 is 2.59 bits per heavy atom. The molecular weight excluding hydrogens is 473 g/mol. The van der Waals surface area contributed by atoms with Gasteiger partial charge in [-0.15, -0.1) is 0 Å². The molecule has 32 heavy (non-hydrogen) atoms. The average Bonchev–Trinajstić information content (AvgIpc) is 3.24. The Balaban J connectivity index is 1.29. The molecule has 8 nitrogen and oxygen atoms in total. The highest BCUT2D eigenvalue weighted by atomic mass is 35.5. The van der Waals surface area contributed by atoms with Crippen LogP contribution in [0.25, 0.3) is 10.2 Å². The standard InChI is InChI=1S/C21H21Cl2N5O3S/c1-13-2-4-17(23)19-18(13)25-21(32-19)27-10-8-26(9-11-27)7-6-24-20(29)15-12-14(28(30)31)3-5-16(15)22/h2-5,12H,6-11H2,1H3,(H,24,29). The van der Waals surface area contributed by atoms with Gasteiger partial charge in [0.25, 0.3) is 11.6 Å². The number of piperazine rings is 1. The van der Waals surface area contributed by atoms with Crippen LogP contribution in [0.4, 0.5) is 10.8 Å². The highest BCUT2D eigenvalue weighted by Gasteiger charge is 2.21. The average molecular weight is 494 g/mol. The summed E-state index contributed by atoms with van der Waals surface area (Å²) < 4.78 is 1.02. The number of aromatic nitrogens is 1. The molecule has 1 aromatic heterocycles. The van der Waals surface area contributed by atoms with Gasteiger partial charge in [0.2, 0.25) is 0 Å². The summed E-state index contributed by atoms with van der Waals surface area (Å²) in [5, 5.41) is 15.6. The number of carbonyl (C=O) groups excluding carboxylic acids is 1. The third-order valence-electron chi connectivity index (χ3n) is 5.45. The SMILES string of the molecule is Cc1ccc(Cl)c2sc(N3CCN(CCNC(=O)c4cc([N+](=O)[O-])ccc4Cl)CC3)nc12. The summed E-state index contributed by atoms with van der Waals surface area (Å²) in [7, 11) is 0. The molecule has 1 saturated heterocycles. The summed E-state index contributed by atoms with van der Waals surface area (Å²) in [5.41, 5.74) is 2.02. The van der Waals surface area contributed by atoms with Gasteiger partial charge in [-0.2, -0.15) is 0 Å². The normalized spacial score (nSPS) is 14.7. The summed E-state index contributed by atoms with van der Waals surface area (Å²) in [5.74, 6) is -0.418. The van der Waals surface area contributed by atoms with Gasteiger partial charge in [-0.25, -0.2) is 4.98 Å². The lowest BCUT2D eigenvalue weighted by Crippen LogP contribution is -2.48. The Hall–Kier alpha value is -2.46. The van der Waals surface area contributed by atoms with Gasteiger partial charge in [-0.05, 0) is 24.6 Å². The number of nitro benzene ring substituents is 1. The zero-order valence-corrected chi connectivity index (χ0v) is 19.6. The van der Waals surface area contributed by atoms with E-state index in [9.17, 15) is 14.9 Å². The van der Waals surface area contributed by atoms with Crippen LogP contribution >= 0.6 is 34.5 Å². The first kappa shape index (κ1) is 22.7. The van der Waals surface area contributed by atoms with Gasteiger partial charge in [0.05, 0.1) is 30.7 Å². The largest absolute Gasteiger partial charge is 0.351 e. The van der Waals surface area contributed by atoms with E-state index < -0.39 is 10.8 Å². The molecule has 0 atom stereocenters. The predicted octanol–water partition coefficient (Wildman–Crippen LogP) is 4.37. The minimum absolute atomic E-state index is 0.107. The molecule has 0 spiro atoms. The number of nitro groups is 1. The zero-order valence-electron chi connectivity index (χ0n) is 17.3. The van der Waals surface area contributed by atoms with Crippen molar-refractivity contribution in [1.29, 1.82) is 0 Å². The maximum absolute atomic E-state index is 12.4. The van der Waals surface area contributed by atoms with E-state index in [-0.39, 0.29) is 16.3 Å². The zero-order chi connectivity index (χ0) is 22.8. The van der Waals surface area contributed by atoms with E-state index in [0.717, 1.165) is 52.1 Å². The third-order valence-corrected chi connectivity index (χ3v) is 7.35. The minimum Gasteiger partial charge on any atom is -0.351 e. The number of halogens is 2. The first-order valence-corrected chi connectivity index (χ1v) is 11.7. The number of thiazole rings is 1. The summed E-state index contributed by atoms with van der Waals surface area (Å²) in [4.78, 5) is 32.1. The van der Waals surface area contributed by atoms with E-state index in [1.807, 2.05) is 19.1 Å². The highest BCUT2D eigenvalue weighted by molar-refractivity contribution is 7.22. The quantitative estimate of drug-likeness (QED) is 0.404. The number of hydrogen-bond donors (Lipinski definition) is 1. The molecule has 1 N–H and O–H groups in total. The highest BCUT2D eigenvalue weighted by Crippen LogP contribution is 2.35. The van der Waals surface area contributed by atoms with Gasteiger partial charge in [-0.3, -0.25) is 19.8 Å². The van der Waals surface area contributed by atoms with Crippen LogP contribution in [0.2, 0.25) is 10.0 Å². The number of hydrogen-bond acceptors (Lipinski definition) is 7. The molecule has 168 valence electrons. The monoisotopic (exact) mass is 493 g/mol. The van der Waals surface area contributed by atoms with Crippen molar-refractivity contribution >= 4 is 61.5 Å². The molecule has 0 aliphatic carbocycles. The van der Waals surface area contributed by atoms with E-state index >= 15 is 0 Å². The van der Waals surface area contributed by atoms with Crippen molar-refractivity contribution < 1.29 is 9.72 Å². The molecule has 0 saturated carbocycles. The van der Waals surface area contributed by atoms with Crippen LogP contribution < -0.4 is 10.2 Å². The number of nitrogens with one attached hydrogen (secondary N) is 1. The molecule has 0 unspecified atom stereocenters. The molecule has 1 aliphatic rings. The van der Waals surface area contributed by atoms with Gasteiger partial charge in [-0.1, -0.05) is 40.6 Å². The van der Waals surface area contributed by atoms with Gasteiger partial charge in [0.1, 0.15) is 0 Å². The summed E-state index contributed by atoms with van der Waals surface area (Å²) >= 11 is 14.0. The van der Waals surface area contributed by atoms with E-state index in [1.165, 1.54) is 18.2 Å². The van der Waals surface area contributed by atoms with E-state index in [4.69, 9.17) is 28.2 Å². The smallest absolute Gasteiger partial charge is 0.270 e. The molecule has 0 bridgehead atoms. The lowest BCUT2D eigenvalue weighted by Gasteiger charge is -2.34. The van der Waals surface area contributed by atoms with Crippen LogP contribution in [0.15, 0.2) is 30.3 Å². The molecule has 11 heteroatoms. The predicted molar refractivity (Wildman–Crippen MR) is 128 cm³/mol. The Morgan fingerprint density at radius 1 is 1.19 bits per heavy atom. The number of aryl methyl sites for hydroxylation is 1. The third kappa shape index (κ3) is 4.80. The topological polar surface area (TPSA) is 91.6 Å². The Morgan fingerprint density at radius 2 is 1.91 bits per heavy atom. The number of rotatable bonds is 6. The van der Waals surface area contributed by atoms with E-state index in [1.54, 1.807) is 11.3 Å². The lowest BCUT2D eigenvalue weighted by molar-refractivity contribution is -0.384. The van der Waals surface area contributed by atoms with Crippen molar-refractivity contribution in [3.63, 3.8) is 0 Å². The molecule has 4 rings (SSSR count). The molecule has 2 heterocycles. The van der Waals surface area contributed by atoms with Gasteiger partial charge >= 0.3 is 0 Å². The fourth-order valence-electron chi connectivity index (χ4n) is 3.61.